The maximum absolute atomic E-state index is 13.7. The van der Waals surface area contributed by atoms with Crippen LogP contribution in [0.5, 0.6) is 23.0 Å². The third-order valence-electron chi connectivity index (χ3n) is 6.82. The monoisotopic (exact) mass is 639 g/mol. The van der Waals surface area contributed by atoms with Crippen molar-refractivity contribution in [2.75, 3.05) is 21.3 Å². The molecule has 6 aromatic rings. The molecule has 0 atom stereocenters. The van der Waals surface area contributed by atoms with E-state index in [2.05, 4.69) is 21.0 Å². The van der Waals surface area contributed by atoms with Gasteiger partial charge in [0.05, 0.1) is 43.8 Å². The number of para-hydroxylation sites is 1. The molecule has 0 spiro atoms. The number of hydrogen-bond acceptors (Lipinski definition) is 8. The number of fused-ring (bicyclic) bond motifs is 2. The van der Waals surface area contributed by atoms with Crippen LogP contribution in [0.1, 0.15) is 11.1 Å². The van der Waals surface area contributed by atoms with E-state index in [1.165, 1.54) is 10.9 Å². The van der Waals surface area contributed by atoms with Gasteiger partial charge < -0.3 is 23.4 Å². The molecule has 4 aromatic carbocycles. The molecule has 9 nitrogen and oxygen atoms in total. The topological polar surface area (TPSA) is 97.3 Å². The minimum absolute atomic E-state index is 0.242. The van der Waals surface area contributed by atoms with Crippen molar-refractivity contribution in [2.24, 2.45) is 5.10 Å². The van der Waals surface area contributed by atoms with E-state index >= 15 is 0 Å². The van der Waals surface area contributed by atoms with Gasteiger partial charge in [0, 0.05) is 10.0 Å². The molecule has 10 heteroatoms. The van der Waals surface area contributed by atoms with Crippen LogP contribution in [0.25, 0.3) is 33.5 Å². The summed E-state index contributed by atoms with van der Waals surface area (Å²) in [5.74, 6) is 2.61. The molecule has 0 amide bonds. The average molecular weight is 640 g/mol. The SMILES string of the molecule is COc1cc(C=Nn2c(-c3cc4c(OC)cccc4o3)nc3ccccc3c2=O)cc(OC)c1OCc1ccc(Br)cc1. The summed E-state index contributed by atoms with van der Waals surface area (Å²) in [6.45, 7) is 0.317. The Kier molecular flexibility index (Phi) is 7.84. The first kappa shape index (κ1) is 28.0. The molecule has 0 aliphatic rings. The molecule has 216 valence electrons. The lowest BCUT2D eigenvalue weighted by Gasteiger charge is -2.15. The summed E-state index contributed by atoms with van der Waals surface area (Å²) in [4.78, 5) is 18.4. The molecule has 2 heterocycles. The molecule has 43 heavy (non-hydrogen) atoms. The summed E-state index contributed by atoms with van der Waals surface area (Å²) in [7, 11) is 4.69. The standard InChI is InChI=1S/C33H26BrN3O6/c1-39-26-9-6-10-27-24(26)17-30(43-27)32-36-25-8-5-4-7-23(25)33(38)37(32)35-18-21-15-28(40-2)31(29(16-21)41-3)42-19-20-11-13-22(34)14-12-20/h4-18H,19H2,1-3H3. The Morgan fingerprint density at radius 2 is 1.58 bits per heavy atom. The predicted octanol–water partition coefficient (Wildman–Crippen LogP) is 7.06. The maximum atomic E-state index is 13.7. The third kappa shape index (κ3) is 5.56. The van der Waals surface area contributed by atoms with Crippen molar-refractivity contribution in [1.29, 1.82) is 0 Å². The summed E-state index contributed by atoms with van der Waals surface area (Å²) < 4.78 is 31.2. The number of nitrogens with zero attached hydrogens (tertiary/aromatic N) is 3. The summed E-state index contributed by atoms with van der Waals surface area (Å²) in [6.07, 6.45) is 1.54. The van der Waals surface area contributed by atoms with Crippen molar-refractivity contribution in [3.63, 3.8) is 0 Å². The lowest BCUT2D eigenvalue weighted by Crippen LogP contribution is -2.20. The van der Waals surface area contributed by atoms with E-state index in [0.29, 0.717) is 57.4 Å². The molecular formula is C33H26BrN3O6. The minimum Gasteiger partial charge on any atom is -0.496 e. The molecule has 0 radical (unpaired) electrons. The zero-order valence-electron chi connectivity index (χ0n) is 23.5. The molecule has 0 saturated carbocycles. The van der Waals surface area contributed by atoms with Gasteiger partial charge in [0.2, 0.25) is 11.6 Å². The second kappa shape index (κ2) is 12.0. The van der Waals surface area contributed by atoms with Crippen LogP contribution in [0.3, 0.4) is 0 Å². The Morgan fingerprint density at radius 3 is 2.30 bits per heavy atom. The Labute approximate surface area is 255 Å². The van der Waals surface area contributed by atoms with Crippen LogP contribution in [0.15, 0.2) is 104 Å². The molecule has 0 saturated heterocycles. The van der Waals surface area contributed by atoms with Crippen LogP contribution in [-0.4, -0.2) is 37.2 Å². The van der Waals surface area contributed by atoms with Crippen LogP contribution >= 0.6 is 15.9 Å². The first-order chi connectivity index (χ1) is 21.0. The molecule has 0 bridgehead atoms. The van der Waals surface area contributed by atoms with E-state index in [-0.39, 0.29) is 11.4 Å². The minimum atomic E-state index is -0.349. The number of aromatic nitrogens is 2. The molecule has 0 aliphatic carbocycles. The molecule has 2 aromatic heterocycles. The quantitative estimate of drug-likeness (QED) is 0.156. The van der Waals surface area contributed by atoms with Gasteiger partial charge in [-0.2, -0.15) is 9.78 Å². The first-order valence-corrected chi connectivity index (χ1v) is 14.0. The van der Waals surface area contributed by atoms with Crippen molar-refractivity contribution in [3.8, 4) is 34.6 Å². The van der Waals surface area contributed by atoms with Crippen molar-refractivity contribution < 1.29 is 23.4 Å². The van der Waals surface area contributed by atoms with E-state index in [1.807, 2.05) is 48.5 Å². The maximum Gasteiger partial charge on any atom is 0.282 e. The second-order valence-corrected chi connectivity index (χ2v) is 10.4. The van der Waals surface area contributed by atoms with Crippen molar-refractivity contribution >= 4 is 44.0 Å². The van der Waals surface area contributed by atoms with Crippen LogP contribution < -0.4 is 24.5 Å². The smallest absolute Gasteiger partial charge is 0.282 e. The van der Waals surface area contributed by atoms with E-state index in [0.717, 1.165) is 15.4 Å². The zero-order valence-corrected chi connectivity index (χ0v) is 25.1. The number of hydrogen-bond donors (Lipinski definition) is 0. The summed E-state index contributed by atoms with van der Waals surface area (Å²) in [5.41, 5.74) is 2.37. The second-order valence-electron chi connectivity index (χ2n) is 9.47. The van der Waals surface area contributed by atoms with Gasteiger partial charge in [0.15, 0.2) is 17.3 Å². The van der Waals surface area contributed by atoms with E-state index in [9.17, 15) is 4.79 Å². The van der Waals surface area contributed by atoms with Gasteiger partial charge in [-0.3, -0.25) is 4.79 Å². The van der Waals surface area contributed by atoms with E-state index < -0.39 is 0 Å². The fraction of sp³-hybridized carbons (Fsp3) is 0.121. The van der Waals surface area contributed by atoms with Crippen molar-refractivity contribution in [1.82, 2.24) is 9.66 Å². The van der Waals surface area contributed by atoms with Gasteiger partial charge >= 0.3 is 0 Å². The number of benzene rings is 4. The largest absolute Gasteiger partial charge is 0.496 e. The predicted molar refractivity (Wildman–Crippen MR) is 169 cm³/mol. The molecule has 6 rings (SSSR count). The third-order valence-corrected chi connectivity index (χ3v) is 7.35. The van der Waals surface area contributed by atoms with Crippen molar-refractivity contribution in [2.45, 2.75) is 6.61 Å². The van der Waals surface area contributed by atoms with E-state index in [4.69, 9.17) is 28.3 Å². The molecule has 0 aliphatic heterocycles. The Morgan fingerprint density at radius 1 is 0.860 bits per heavy atom. The number of halogens is 1. The highest BCUT2D eigenvalue weighted by molar-refractivity contribution is 9.10. The van der Waals surface area contributed by atoms with Gasteiger partial charge in [0.25, 0.3) is 5.56 Å². The van der Waals surface area contributed by atoms with Crippen LogP contribution in [0, 0.1) is 0 Å². The van der Waals surface area contributed by atoms with Crippen LogP contribution in [0.4, 0.5) is 0 Å². The van der Waals surface area contributed by atoms with Gasteiger partial charge in [-0.25, -0.2) is 4.98 Å². The molecule has 0 N–H and O–H groups in total. The van der Waals surface area contributed by atoms with Crippen LogP contribution in [0.2, 0.25) is 0 Å². The lowest BCUT2D eigenvalue weighted by atomic mass is 10.2. The lowest BCUT2D eigenvalue weighted by molar-refractivity contribution is 0.266. The van der Waals surface area contributed by atoms with Crippen LogP contribution in [-0.2, 0) is 6.61 Å². The number of furan rings is 1. The number of ether oxygens (including phenoxy) is 4. The number of methoxy groups -OCH3 is 3. The highest BCUT2D eigenvalue weighted by atomic mass is 79.9. The average Bonchev–Trinajstić information content (AvgIpc) is 3.48. The van der Waals surface area contributed by atoms with Crippen molar-refractivity contribution in [3.05, 3.63) is 111 Å². The molecule has 0 fully saturated rings. The first-order valence-electron chi connectivity index (χ1n) is 13.3. The van der Waals surface area contributed by atoms with Gasteiger partial charge in [-0.05, 0) is 60.2 Å². The Hall–Kier alpha value is -5.09. The Bertz CT molecular complexity index is 2010. The van der Waals surface area contributed by atoms with Gasteiger partial charge in [0.1, 0.15) is 17.9 Å². The summed E-state index contributed by atoms with van der Waals surface area (Å²) in [5, 5.41) is 5.74. The highest BCUT2D eigenvalue weighted by Gasteiger charge is 2.19. The fourth-order valence-electron chi connectivity index (χ4n) is 4.69. The van der Waals surface area contributed by atoms with Gasteiger partial charge in [-0.15, -0.1) is 0 Å². The fourth-order valence-corrected chi connectivity index (χ4v) is 4.95. The highest BCUT2D eigenvalue weighted by Crippen LogP contribution is 2.39. The summed E-state index contributed by atoms with van der Waals surface area (Å²) >= 11 is 3.45. The molecule has 0 unspecified atom stereocenters. The molecular weight excluding hydrogens is 614 g/mol. The Balaban J connectivity index is 1.42. The van der Waals surface area contributed by atoms with E-state index in [1.54, 1.807) is 57.7 Å². The summed E-state index contributed by atoms with van der Waals surface area (Å²) in [6, 6.07) is 25.7. The normalized spacial score (nSPS) is 11.3. The van der Waals surface area contributed by atoms with Gasteiger partial charge in [-0.1, -0.05) is 46.3 Å². The number of rotatable bonds is 9. The zero-order chi connectivity index (χ0) is 29.9.